The molecule has 3 rings (SSSR count). The standard InChI is InChI=1S/C20H15Cl2NO4/c21-16-8-2-1-5-13(16)11-26-17-9-3-7-15(20(24)25)18(17)27-12-14-6-4-10-23-19(14)22/h1-10H,11-12H2,(H,24,25). The van der Waals surface area contributed by atoms with E-state index in [1.165, 1.54) is 6.07 Å². The minimum atomic E-state index is -1.12. The second kappa shape index (κ2) is 8.75. The molecule has 1 N–H and O–H groups in total. The molecule has 0 fully saturated rings. The van der Waals surface area contributed by atoms with Crippen molar-refractivity contribution in [2.45, 2.75) is 13.2 Å². The Morgan fingerprint density at radius 1 is 0.926 bits per heavy atom. The Labute approximate surface area is 166 Å². The lowest BCUT2D eigenvalue weighted by atomic mass is 10.2. The van der Waals surface area contributed by atoms with Gasteiger partial charge in [-0.1, -0.05) is 53.5 Å². The van der Waals surface area contributed by atoms with Crippen LogP contribution in [0.3, 0.4) is 0 Å². The molecule has 0 amide bonds. The SMILES string of the molecule is O=C(O)c1cccc(OCc2ccccc2Cl)c1OCc1cccnc1Cl. The first kappa shape index (κ1) is 19.0. The first-order chi connectivity index (χ1) is 13.1. The van der Waals surface area contributed by atoms with Gasteiger partial charge >= 0.3 is 5.97 Å². The van der Waals surface area contributed by atoms with Crippen LogP contribution in [0.5, 0.6) is 11.5 Å². The van der Waals surface area contributed by atoms with Crippen molar-refractivity contribution in [3.05, 3.63) is 87.7 Å². The second-order valence-corrected chi connectivity index (χ2v) is 6.33. The molecule has 1 aromatic heterocycles. The van der Waals surface area contributed by atoms with Crippen LogP contribution in [-0.4, -0.2) is 16.1 Å². The molecule has 7 heteroatoms. The smallest absolute Gasteiger partial charge is 0.339 e. The van der Waals surface area contributed by atoms with Gasteiger partial charge in [-0.2, -0.15) is 0 Å². The lowest BCUT2D eigenvalue weighted by molar-refractivity contribution is 0.0690. The highest BCUT2D eigenvalue weighted by Crippen LogP contribution is 2.33. The van der Waals surface area contributed by atoms with Crippen LogP contribution >= 0.6 is 23.2 Å². The molecule has 5 nitrogen and oxygen atoms in total. The van der Waals surface area contributed by atoms with Crippen LogP contribution in [0.25, 0.3) is 0 Å². The summed E-state index contributed by atoms with van der Waals surface area (Å²) in [6, 6.07) is 15.4. The summed E-state index contributed by atoms with van der Waals surface area (Å²) in [5.41, 5.74) is 1.41. The van der Waals surface area contributed by atoms with Crippen LogP contribution in [0, 0.1) is 0 Å². The van der Waals surface area contributed by atoms with E-state index < -0.39 is 5.97 Å². The predicted molar refractivity (Wildman–Crippen MR) is 103 cm³/mol. The number of nitrogens with zero attached hydrogens (tertiary/aromatic N) is 1. The van der Waals surface area contributed by atoms with E-state index >= 15 is 0 Å². The summed E-state index contributed by atoms with van der Waals surface area (Å²) in [6.45, 7) is 0.228. The van der Waals surface area contributed by atoms with Crippen molar-refractivity contribution < 1.29 is 19.4 Å². The molecule has 0 bridgehead atoms. The van der Waals surface area contributed by atoms with Gasteiger partial charge in [0.1, 0.15) is 23.9 Å². The van der Waals surface area contributed by atoms with E-state index in [0.717, 1.165) is 5.56 Å². The molecule has 0 aliphatic carbocycles. The fraction of sp³-hybridized carbons (Fsp3) is 0.100. The zero-order chi connectivity index (χ0) is 19.2. The van der Waals surface area contributed by atoms with Crippen molar-refractivity contribution in [2.24, 2.45) is 0 Å². The van der Waals surface area contributed by atoms with Crippen molar-refractivity contribution in [3.8, 4) is 11.5 Å². The van der Waals surface area contributed by atoms with Crippen LogP contribution in [0.1, 0.15) is 21.5 Å². The van der Waals surface area contributed by atoms with Crippen molar-refractivity contribution in [1.82, 2.24) is 4.98 Å². The summed E-state index contributed by atoms with van der Waals surface area (Å²) in [4.78, 5) is 15.6. The molecule has 2 aromatic carbocycles. The highest BCUT2D eigenvalue weighted by Gasteiger charge is 2.18. The third-order valence-electron chi connectivity index (χ3n) is 3.76. The van der Waals surface area contributed by atoms with Gasteiger partial charge in [-0.3, -0.25) is 0 Å². The zero-order valence-electron chi connectivity index (χ0n) is 14.1. The molecule has 0 spiro atoms. The Morgan fingerprint density at radius 2 is 1.67 bits per heavy atom. The fourth-order valence-corrected chi connectivity index (χ4v) is 2.76. The number of halogens is 2. The molecule has 0 radical (unpaired) electrons. The first-order valence-electron chi connectivity index (χ1n) is 8.01. The number of hydrogen-bond donors (Lipinski definition) is 1. The molecule has 0 saturated heterocycles. The van der Waals surface area contributed by atoms with Gasteiger partial charge in [-0.15, -0.1) is 0 Å². The van der Waals surface area contributed by atoms with Crippen molar-refractivity contribution in [2.75, 3.05) is 0 Å². The number of ether oxygens (including phenoxy) is 2. The van der Waals surface area contributed by atoms with E-state index in [0.29, 0.717) is 21.5 Å². The van der Waals surface area contributed by atoms with Gasteiger partial charge in [-0.05, 0) is 24.3 Å². The van der Waals surface area contributed by atoms with E-state index in [9.17, 15) is 9.90 Å². The molecule has 0 atom stereocenters. The van der Waals surface area contributed by atoms with Crippen molar-refractivity contribution >= 4 is 29.2 Å². The zero-order valence-corrected chi connectivity index (χ0v) is 15.6. The molecular formula is C20H15Cl2NO4. The van der Waals surface area contributed by atoms with Gasteiger partial charge in [0.05, 0.1) is 0 Å². The van der Waals surface area contributed by atoms with Gasteiger partial charge in [0.15, 0.2) is 11.5 Å². The van der Waals surface area contributed by atoms with Gasteiger partial charge in [0.25, 0.3) is 0 Å². The van der Waals surface area contributed by atoms with Gasteiger partial charge in [-0.25, -0.2) is 9.78 Å². The minimum Gasteiger partial charge on any atom is -0.485 e. The maximum Gasteiger partial charge on any atom is 0.339 e. The van der Waals surface area contributed by atoms with Crippen LogP contribution in [0.4, 0.5) is 0 Å². The topological polar surface area (TPSA) is 68.7 Å². The third kappa shape index (κ3) is 4.70. The molecule has 0 saturated carbocycles. The summed E-state index contributed by atoms with van der Waals surface area (Å²) in [5.74, 6) is -0.697. The number of rotatable bonds is 7. The highest BCUT2D eigenvalue weighted by atomic mass is 35.5. The third-order valence-corrected chi connectivity index (χ3v) is 4.47. The summed E-state index contributed by atoms with van der Waals surface area (Å²) >= 11 is 12.2. The number of hydrogen-bond acceptors (Lipinski definition) is 4. The predicted octanol–water partition coefficient (Wildman–Crippen LogP) is 5.24. The van der Waals surface area contributed by atoms with Crippen LogP contribution in [0.15, 0.2) is 60.8 Å². The van der Waals surface area contributed by atoms with E-state index in [2.05, 4.69) is 4.98 Å². The number of benzene rings is 2. The molecule has 0 aliphatic rings. The monoisotopic (exact) mass is 403 g/mol. The first-order valence-corrected chi connectivity index (χ1v) is 8.76. The molecule has 0 aliphatic heterocycles. The Kier molecular flexibility index (Phi) is 6.16. The van der Waals surface area contributed by atoms with Gasteiger partial charge < -0.3 is 14.6 Å². The number of pyridine rings is 1. The van der Waals surface area contributed by atoms with E-state index in [1.807, 2.05) is 18.2 Å². The number of carboxylic acids is 1. The number of aromatic nitrogens is 1. The average Bonchev–Trinajstić information content (AvgIpc) is 2.67. The number of carboxylic acid groups (broad SMARTS) is 1. The minimum absolute atomic E-state index is 0.00771. The molecule has 3 aromatic rings. The Hall–Kier alpha value is -2.76. The van der Waals surface area contributed by atoms with E-state index in [1.54, 1.807) is 36.5 Å². The summed E-state index contributed by atoms with van der Waals surface area (Å²) in [6.07, 6.45) is 1.56. The number of carbonyl (C=O) groups is 1. The van der Waals surface area contributed by atoms with Gasteiger partial charge in [0.2, 0.25) is 0 Å². The van der Waals surface area contributed by atoms with Crippen LogP contribution in [-0.2, 0) is 13.2 Å². The molecule has 0 unspecified atom stereocenters. The van der Waals surface area contributed by atoms with Crippen LogP contribution in [0.2, 0.25) is 10.2 Å². The Morgan fingerprint density at radius 3 is 2.41 bits per heavy atom. The van der Waals surface area contributed by atoms with Crippen LogP contribution < -0.4 is 9.47 Å². The molecule has 1 heterocycles. The maximum absolute atomic E-state index is 11.6. The molecule has 27 heavy (non-hydrogen) atoms. The van der Waals surface area contributed by atoms with E-state index in [-0.39, 0.29) is 24.5 Å². The van der Waals surface area contributed by atoms with Gasteiger partial charge in [0, 0.05) is 22.3 Å². The lowest BCUT2D eigenvalue weighted by Crippen LogP contribution is -2.07. The Bertz CT molecular complexity index is 962. The fourth-order valence-electron chi connectivity index (χ4n) is 2.39. The number of aromatic carboxylic acids is 1. The largest absolute Gasteiger partial charge is 0.485 e. The summed E-state index contributed by atoms with van der Waals surface area (Å²) in [7, 11) is 0. The molecule has 138 valence electrons. The second-order valence-electron chi connectivity index (χ2n) is 5.56. The van der Waals surface area contributed by atoms with Crippen molar-refractivity contribution in [3.63, 3.8) is 0 Å². The maximum atomic E-state index is 11.6. The summed E-state index contributed by atoms with van der Waals surface area (Å²) in [5, 5.41) is 10.3. The normalized spacial score (nSPS) is 10.4. The highest BCUT2D eigenvalue weighted by molar-refractivity contribution is 6.31. The Balaban J connectivity index is 1.85. The average molecular weight is 404 g/mol. The summed E-state index contributed by atoms with van der Waals surface area (Å²) < 4.78 is 11.5. The van der Waals surface area contributed by atoms with Crippen molar-refractivity contribution in [1.29, 1.82) is 0 Å². The number of para-hydroxylation sites is 1. The lowest BCUT2D eigenvalue weighted by Gasteiger charge is -2.15. The molecular weight excluding hydrogens is 389 g/mol. The quantitative estimate of drug-likeness (QED) is 0.545. The van der Waals surface area contributed by atoms with E-state index in [4.69, 9.17) is 32.7 Å².